The van der Waals surface area contributed by atoms with Crippen molar-refractivity contribution in [2.75, 3.05) is 11.9 Å². The minimum absolute atomic E-state index is 0.0600. The van der Waals surface area contributed by atoms with Crippen LogP contribution in [0.5, 0.6) is 0 Å². The number of esters is 1. The maximum Gasteiger partial charge on any atom is 0.330 e. The summed E-state index contributed by atoms with van der Waals surface area (Å²) in [7, 11) is 0. The summed E-state index contributed by atoms with van der Waals surface area (Å²) in [6.07, 6.45) is 10.8. The van der Waals surface area contributed by atoms with Crippen LogP contribution in [0.25, 0.3) is 0 Å². The Labute approximate surface area is 145 Å². The molecule has 0 spiro atoms. The predicted molar refractivity (Wildman–Crippen MR) is 98.3 cm³/mol. The molecule has 0 aromatic carbocycles. The fraction of sp³-hybridized carbons (Fsp3) is 0.833. The average Bonchev–Trinajstić information content (AvgIpc) is 2.38. The molecule has 0 amide bonds. The van der Waals surface area contributed by atoms with Gasteiger partial charge in [0.15, 0.2) is 0 Å². The molecule has 0 aromatic heterocycles. The summed E-state index contributed by atoms with van der Waals surface area (Å²) in [5, 5.41) is 0.676. The molecule has 0 aromatic rings. The number of hydrogen-bond acceptors (Lipinski definition) is 3. The third-order valence-corrected chi connectivity index (χ3v) is 4.16. The molecule has 0 aliphatic heterocycles. The van der Waals surface area contributed by atoms with Crippen LogP contribution in [0.3, 0.4) is 0 Å². The zero-order valence-electron chi connectivity index (χ0n) is 14.8. The Hall–Kier alpha value is -0.350. The Morgan fingerprint density at radius 3 is 2.45 bits per heavy atom. The van der Waals surface area contributed by atoms with Gasteiger partial charge in [-0.1, -0.05) is 62.0 Å². The van der Waals surface area contributed by atoms with Crippen LogP contribution in [0.1, 0.15) is 72.6 Å². The van der Waals surface area contributed by atoms with Gasteiger partial charge >= 0.3 is 5.97 Å². The molecule has 130 valence electrons. The molecule has 0 saturated heterocycles. The monoisotopic (exact) mass is 375 g/mol. The highest BCUT2D eigenvalue weighted by Gasteiger charge is 2.28. The topological polar surface area (TPSA) is 52.3 Å². The smallest absolute Gasteiger partial charge is 0.330 e. The quantitative estimate of drug-likeness (QED) is 0.226. The van der Waals surface area contributed by atoms with E-state index in [1.165, 1.54) is 12.5 Å². The first-order chi connectivity index (χ1) is 10.2. The summed E-state index contributed by atoms with van der Waals surface area (Å²) < 4.78 is 5.12. The standard InChI is InChI=1S/C18H34BrNO2/c1-5-11-18(4,20)15-17(2,3)12-7-6-8-14-22-16(21)10-9-13-19/h9-10H,5-8,11-15,20H2,1-4H3/b10-9+. The molecular formula is C18H34BrNO2. The molecule has 1 atom stereocenters. The number of carbonyl (C=O) groups excluding carboxylic acids is 1. The Morgan fingerprint density at radius 1 is 1.18 bits per heavy atom. The predicted octanol–water partition coefficient (Wildman–Crippen LogP) is 4.97. The molecular weight excluding hydrogens is 342 g/mol. The number of ether oxygens (including phenoxy) is 1. The molecule has 0 bridgehead atoms. The number of rotatable bonds is 12. The van der Waals surface area contributed by atoms with Crippen LogP contribution in [-0.2, 0) is 9.53 Å². The Kier molecular flexibility index (Phi) is 11.0. The molecule has 0 rings (SSSR count). The maximum absolute atomic E-state index is 11.3. The van der Waals surface area contributed by atoms with Crippen molar-refractivity contribution in [1.82, 2.24) is 0 Å². The van der Waals surface area contributed by atoms with Crippen LogP contribution in [0.4, 0.5) is 0 Å². The number of hydrogen-bond donors (Lipinski definition) is 1. The van der Waals surface area contributed by atoms with Gasteiger partial charge in [0.1, 0.15) is 0 Å². The molecule has 1 unspecified atom stereocenters. The van der Waals surface area contributed by atoms with Gasteiger partial charge in [-0.2, -0.15) is 0 Å². The molecule has 2 N–H and O–H groups in total. The van der Waals surface area contributed by atoms with Crippen molar-refractivity contribution in [2.24, 2.45) is 11.1 Å². The van der Waals surface area contributed by atoms with Crippen molar-refractivity contribution < 1.29 is 9.53 Å². The second-order valence-corrected chi connectivity index (χ2v) is 7.93. The van der Waals surface area contributed by atoms with Gasteiger partial charge in [0, 0.05) is 16.9 Å². The van der Waals surface area contributed by atoms with E-state index >= 15 is 0 Å². The lowest BCUT2D eigenvalue weighted by molar-refractivity contribution is -0.137. The van der Waals surface area contributed by atoms with Crippen molar-refractivity contribution in [2.45, 2.75) is 78.2 Å². The SMILES string of the molecule is CCCC(C)(N)CC(C)(C)CCCCCOC(=O)/C=C/CBr. The van der Waals surface area contributed by atoms with Crippen LogP contribution >= 0.6 is 15.9 Å². The van der Waals surface area contributed by atoms with Crippen LogP contribution in [0, 0.1) is 5.41 Å². The highest BCUT2D eigenvalue weighted by molar-refractivity contribution is 9.09. The van der Waals surface area contributed by atoms with Gasteiger partial charge in [-0.05, 0) is 38.0 Å². The summed E-state index contributed by atoms with van der Waals surface area (Å²) in [5.41, 5.74) is 6.58. The Morgan fingerprint density at radius 2 is 1.86 bits per heavy atom. The van der Waals surface area contributed by atoms with E-state index in [0.717, 1.165) is 38.5 Å². The van der Waals surface area contributed by atoms with Crippen molar-refractivity contribution >= 4 is 21.9 Å². The van der Waals surface area contributed by atoms with E-state index in [1.54, 1.807) is 6.08 Å². The molecule has 22 heavy (non-hydrogen) atoms. The Bertz CT molecular complexity index is 338. The first-order valence-corrected chi connectivity index (χ1v) is 9.53. The van der Waals surface area contributed by atoms with Crippen molar-refractivity contribution in [3.63, 3.8) is 0 Å². The van der Waals surface area contributed by atoms with Crippen LogP contribution in [0.2, 0.25) is 0 Å². The zero-order chi connectivity index (χ0) is 17.1. The number of alkyl halides is 1. The van der Waals surface area contributed by atoms with Crippen molar-refractivity contribution in [3.8, 4) is 0 Å². The normalized spacial score (nSPS) is 15.0. The van der Waals surface area contributed by atoms with Gasteiger partial charge in [0.2, 0.25) is 0 Å². The Balaban J connectivity index is 3.81. The molecule has 0 aliphatic carbocycles. The summed E-state index contributed by atoms with van der Waals surface area (Å²) in [6, 6.07) is 0. The maximum atomic E-state index is 11.3. The summed E-state index contributed by atoms with van der Waals surface area (Å²) in [4.78, 5) is 11.3. The molecule has 3 nitrogen and oxygen atoms in total. The molecule has 0 radical (unpaired) electrons. The molecule has 0 heterocycles. The largest absolute Gasteiger partial charge is 0.463 e. The number of halogens is 1. The van der Waals surface area contributed by atoms with E-state index in [9.17, 15) is 4.79 Å². The first kappa shape index (κ1) is 21.6. The zero-order valence-corrected chi connectivity index (χ0v) is 16.4. The minimum Gasteiger partial charge on any atom is -0.463 e. The van der Waals surface area contributed by atoms with Gasteiger partial charge in [0.25, 0.3) is 0 Å². The molecule has 0 fully saturated rings. The number of carbonyl (C=O) groups is 1. The third kappa shape index (κ3) is 12.2. The molecule has 4 heteroatoms. The fourth-order valence-corrected chi connectivity index (χ4v) is 3.27. The van der Waals surface area contributed by atoms with E-state index in [2.05, 4.69) is 43.6 Å². The lowest BCUT2D eigenvalue weighted by atomic mass is 9.75. The summed E-state index contributed by atoms with van der Waals surface area (Å²) in [6.45, 7) is 9.47. The van der Waals surface area contributed by atoms with E-state index < -0.39 is 0 Å². The second-order valence-electron chi connectivity index (χ2n) is 7.28. The highest BCUT2D eigenvalue weighted by atomic mass is 79.9. The van der Waals surface area contributed by atoms with Gasteiger partial charge in [-0.15, -0.1) is 0 Å². The first-order valence-electron chi connectivity index (χ1n) is 8.40. The van der Waals surface area contributed by atoms with E-state index in [-0.39, 0.29) is 16.9 Å². The summed E-state index contributed by atoms with van der Waals surface area (Å²) >= 11 is 3.23. The van der Waals surface area contributed by atoms with E-state index in [4.69, 9.17) is 10.5 Å². The lowest BCUT2D eigenvalue weighted by Gasteiger charge is -2.35. The third-order valence-electron chi connectivity index (χ3n) is 3.79. The van der Waals surface area contributed by atoms with Crippen molar-refractivity contribution in [3.05, 3.63) is 12.2 Å². The van der Waals surface area contributed by atoms with Gasteiger partial charge in [0.05, 0.1) is 6.61 Å². The van der Waals surface area contributed by atoms with E-state index in [0.29, 0.717) is 11.9 Å². The molecule has 0 saturated carbocycles. The van der Waals surface area contributed by atoms with Crippen LogP contribution in [-0.4, -0.2) is 23.4 Å². The van der Waals surface area contributed by atoms with Crippen LogP contribution in [0.15, 0.2) is 12.2 Å². The van der Waals surface area contributed by atoms with Gasteiger partial charge < -0.3 is 10.5 Å². The average molecular weight is 376 g/mol. The van der Waals surface area contributed by atoms with Gasteiger partial charge in [-0.25, -0.2) is 4.79 Å². The van der Waals surface area contributed by atoms with Crippen LogP contribution < -0.4 is 5.73 Å². The second kappa shape index (κ2) is 11.2. The number of nitrogens with two attached hydrogens (primary N) is 1. The van der Waals surface area contributed by atoms with Crippen molar-refractivity contribution in [1.29, 1.82) is 0 Å². The van der Waals surface area contributed by atoms with Gasteiger partial charge in [-0.3, -0.25) is 0 Å². The lowest BCUT2D eigenvalue weighted by Crippen LogP contribution is -2.40. The number of unbranched alkanes of at least 4 members (excludes halogenated alkanes) is 2. The molecule has 0 aliphatic rings. The highest BCUT2D eigenvalue weighted by Crippen LogP contribution is 2.34. The fourth-order valence-electron chi connectivity index (χ4n) is 3.09. The minimum atomic E-state index is -0.252. The van der Waals surface area contributed by atoms with E-state index in [1.807, 2.05) is 0 Å². The summed E-state index contributed by atoms with van der Waals surface area (Å²) in [5.74, 6) is -0.252. The number of allylic oxidation sites excluding steroid dienone is 1.